The first-order chi connectivity index (χ1) is 15.0. The fourth-order valence-electron chi connectivity index (χ4n) is 8.05. The second kappa shape index (κ2) is 8.91. The molecule has 0 aromatic carbocycles. The van der Waals surface area contributed by atoms with E-state index < -0.39 is 0 Å². The molecule has 0 amide bonds. The van der Waals surface area contributed by atoms with Crippen molar-refractivity contribution >= 4 is 0 Å². The number of nitrogens with two attached hydrogens (primary N) is 1. The van der Waals surface area contributed by atoms with Crippen molar-refractivity contribution in [3.8, 4) is 6.07 Å². The van der Waals surface area contributed by atoms with Gasteiger partial charge in [-0.1, -0.05) is 0 Å². The molecule has 6 N–H and O–H groups in total. The number of nitrogens with one attached hydrogen (secondary N) is 4. The first-order valence-electron chi connectivity index (χ1n) is 13.1. The molecule has 2 saturated carbocycles. The van der Waals surface area contributed by atoms with Crippen LogP contribution in [0.15, 0.2) is 0 Å². The number of nitrogens with zero attached hydrogens (tertiary/aromatic N) is 1. The number of hydrogen-bond acceptors (Lipinski definition) is 6. The number of hydrogen-bond donors (Lipinski definition) is 5. The number of piperidine rings is 2. The van der Waals surface area contributed by atoms with Crippen LogP contribution in [0.5, 0.6) is 0 Å². The van der Waals surface area contributed by atoms with Crippen LogP contribution in [0.2, 0.25) is 0 Å². The smallest absolute Gasteiger partial charge is 0.0686 e. The van der Waals surface area contributed by atoms with E-state index in [1.807, 2.05) is 0 Å². The highest BCUT2D eigenvalue weighted by molar-refractivity contribution is 5.08. The van der Waals surface area contributed by atoms with Gasteiger partial charge in [0.15, 0.2) is 0 Å². The Bertz CT molecular complexity index is 657. The molecule has 6 heteroatoms. The van der Waals surface area contributed by atoms with Crippen molar-refractivity contribution in [3.05, 3.63) is 0 Å². The second-order valence-corrected chi connectivity index (χ2v) is 12.0. The monoisotopic (exact) mass is 428 g/mol. The van der Waals surface area contributed by atoms with Gasteiger partial charge in [0.1, 0.15) is 0 Å². The highest BCUT2D eigenvalue weighted by Crippen LogP contribution is 2.48. The van der Waals surface area contributed by atoms with E-state index in [-0.39, 0.29) is 11.6 Å². The Balaban J connectivity index is 1.25. The van der Waals surface area contributed by atoms with Crippen LogP contribution >= 0.6 is 0 Å². The zero-order chi connectivity index (χ0) is 21.6. The molecule has 31 heavy (non-hydrogen) atoms. The number of fused-ring (bicyclic) bond motifs is 3. The molecule has 5 rings (SSSR count). The zero-order valence-electron chi connectivity index (χ0n) is 19.6. The molecule has 5 aliphatic rings. The molecule has 3 saturated heterocycles. The molecule has 8 atom stereocenters. The van der Waals surface area contributed by atoms with Crippen LogP contribution in [0, 0.1) is 52.3 Å². The van der Waals surface area contributed by atoms with Crippen LogP contribution in [0.25, 0.3) is 0 Å². The lowest BCUT2D eigenvalue weighted by Crippen LogP contribution is -2.59. The Kier molecular flexibility index (Phi) is 6.35. The number of hydrazine groups is 1. The van der Waals surface area contributed by atoms with Gasteiger partial charge in [-0.25, -0.2) is 0 Å². The third kappa shape index (κ3) is 4.29. The lowest BCUT2D eigenvalue weighted by Gasteiger charge is -2.50. The van der Waals surface area contributed by atoms with E-state index in [4.69, 9.17) is 5.73 Å². The SMILES string of the molecule is CC(C)(C#N)C1CCC(C2NNC3CNC4CCC(C5CCC(N)NC5)CC4C32)CC1. The average molecular weight is 429 g/mol. The molecule has 2 aliphatic carbocycles. The lowest BCUT2D eigenvalue weighted by atomic mass is 9.60. The second-order valence-electron chi connectivity index (χ2n) is 12.0. The quantitative estimate of drug-likeness (QED) is 0.474. The largest absolute Gasteiger partial charge is 0.316 e. The number of nitriles is 1. The summed E-state index contributed by atoms with van der Waals surface area (Å²) >= 11 is 0. The van der Waals surface area contributed by atoms with Gasteiger partial charge in [-0.15, -0.1) is 0 Å². The molecule has 3 heterocycles. The van der Waals surface area contributed by atoms with E-state index in [9.17, 15) is 5.26 Å². The Hall–Kier alpha value is -0.710. The van der Waals surface area contributed by atoms with E-state index in [0.29, 0.717) is 24.0 Å². The molecular weight excluding hydrogens is 384 g/mol. The van der Waals surface area contributed by atoms with Crippen LogP contribution in [0.1, 0.15) is 71.6 Å². The minimum atomic E-state index is -0.179. The third-order valence-corrected chi connectivity index (χ3v) is 10.1. The van der Waals surface area contributed by atoms with Crippen LogP contribution in [0.3, 0.4) is 0 Å². The molecule has 0 spiro atoms. The van der Waals surface area contributed by atoms with E-state index in [0.717, 1.165) is 49.1 Å². The summed E-state index contributed by atoms with van der Waals surface area (Å²) in [7, 11) is 0. The molecular formula is C25H44N6. The molecule has 0 aromatic heterocycles. The van der Waals surface area contributed by atoms with Gasteiger partial charge in [0.2, 0.25) is 0 Å². The van der Waals surface area contributed by atoms with Crippen LogP contribution in [-0.4, -0.2) is 37.4 Å². The normalized spacial score (nSPS) is 48.5. The van der Waals surface area contributed by atoms with Crippen LogP contribution < -0.4 is 27.2 Å². The van der Waals surface area contributed by atoms with E-state index in [2.05, 4.69) is 41.4 Å². The first-order valence-corrected chi connectivity index (χ1v) is 13.1. The lowest BCUT2D eigenvalue weighted by molar-refractivity contribution is 0.0449. The Morgan fingerprint density at radius 1 is 0.806 bits per heavy atom. The summed E-state index contributed by atoms with van der Waals surface area (Å²) in [5.41, 5.74) is 13.4. The Morgan fingerprint density at radius 2 is 1.55 bits per heavy atom. The van der Waals surface area contributed by atoms with Crippen molar-refractivity contribution in [1.82, 2.24) is 21.5 Å². The summed E-state index contributed by atoms with van der Waals surface area (Å²) in [5.74, 6) is 4.51. The zero-order valence-corrected chi connectivity index (χ0v) is 19.6. The Labute approximate surface area is 188 Å². The van der Waals surface area contributed by atoms with Crippen LogP contribution in [-0.2, 0) is 0 Å². The van der Waals surface area contributed by atoms with E-state index in [1.165, 1.54) is 51.4 Å². The molecule has 8 unspecified atom stereocenters. The molecule has 6 nitrogen and oxygen atoms in total. The number of rotatable bonds is 3. The van der Waals surface area contributed by atoms with Gasteiger partial charge in [-0.05, 0) is 114 Å². The molecule has 0 aromatic rings. The highest BCUT2D eigenvalue weighted by atomic mass is 15.4. The fourth-order valence-corrected chi connectivity index (χ4v) is 8.05. The summed E-state index contributed by atoms with van der Waals surface area (Å²) in [4.78, 5) is 0. The summed E-state index contributed by atoms with van der Waals surface area (Å²) in [6, 6.07) is 4.44. The van der Waals surface area contributed by atoms with Crippen molar-refractivity contribution in [2.24, 2.45) is 46.7 Å². The standard InChI is InChI=1S/C25H44N6/c1-25(2,14-26)18-7-3-15(4-8-18)24-23-19-11-16(17-6-10-22(27)29-12-17)5-9-20(19)28-13-21(23)30-31-24/h15-24,28-31H,3-13,27H2,1-2H3. The Morgan fingerprint density at radius 3 is 2.26 bits per heavy atom. The maximum Gasteiger partial charge on any atom is 0.0686 e. The van der Waals surface area contributed by atoms with Gasteiger partial charge in [-0.2, -0.15) is 5.26 Å². The maximum atomic E-state index is 9.56. The predicted molar refractivity (Wildman–Crippen MR) is 124 cm³/mol. The third-order valence-electron chi connectivity index (χ3n) is 10.1. The van der Waals surface area contributed by atoms with E-state index in [1.54, 1.807) is 0 Å². The highest BCUT2D eigenvalue weighted by Gasteiger charge is 2.52. The van der Waals surface area contributed by atoms with Crippen molar-refractivity contribution in [2.45, 2.75) is 95.9 Å². The summed E-state index contributed by atoms with van der Waals surface area (Å²) in [6.07, 6.45) is 11.7. The van der Waals surface area contributed by atoms with Crippen molar-refractivity contribution in [2.75, 3.05) is 13.1 Å². The summed E-state index contributed by atoms with van der Waals surface area (Å²) in [5, 5.41) is 17.0. The minimum Gasteiger partial charge on any atom is -0.316 e. The molecule has 0 radical (unpaired) electrons. The van der Waals surface area contributed by atoms with Gasteiger partial charge < -0.3 is 16.4 Å². The van der Waals surface area contributed by atoms with Crippen molar-refractivity contribution in [3.63, 3.8) is 0 Å². The van der Waals surface area contributed by atoms with Crippen molar-refractivity contribution in [1.29, 1.82) is 5.26 Å². The fraction of sp³-hybridized carbons (Fsp3) is 0.960. The van der Waals surface area contributed by atoms with Crippen LogP contribution in [0.4, 0.5) is 0 Å². The van der Waals surface area contributed by atoms with E-state index >= 15 is 0 Å². The molecule has 174 valence electrons. The first kappa shape index (κ1) is 22.1. The van der Waals surface area contributed by atoms with Gasteiger partial charge in [0, 0.05) is 24.7 Å². The molecule has 3 aliphatic heterocycles. The molecule has 0 bridgehead atoms. The maximum absolute atomic E-state index is 9.56. The predicted octanol–water partition coefficient (Wildman–Crippen LogP) is 2.48. The topological polar surface area (TPSA) is 97.9 Å². The van der Waals surface area contributed by atoms with Gasteiger partial charge in [0.25, 0.3) is 0 Å². The van der Waals surface area contributed by atoms with Crippen molar-refractivity contribution < 1.29 is 0 Å². The summed E-state index contributed by atoms with van der Waals surface area (Å²) in [6.45, 7) is 6.49. The summed E-state index contributed by atoms with van der Waals surface area (Å²) < 4.78 is 0. The molecule has 5 fully saturated rings. The average Bonchev–Trinajstić information content (AvgIpc) is 3.24. The van der Waals surface area contributed by atoms with Gasteiger partial charge >= 0.3 is 0 Å². The van der Waals surface area contributed by atoms with Gasteiger partial charge in [0.05, 0.1) is 17.6 Å². The van der Waals surface area contributed by atoms with Gasteiger partial charge in [-0.3, -0.25) is 10.9 Å². The minimum absolute atomic E-state index is 0.179.